The van der Waals surface area contributed by atoms with Gasteiger partial charge in [0.1, 0.15) is 0 Å². The number of hydrogen-bond donors (Lipinski definition) is 0. The van der Waals surface area contributed by atoms with Gasteiger partial charge in [-0.2, -0.15) is 5.26 Å². The molecule has 90 valence electrons. The lowest BCUT2D eigenvalue weighted by molar-refractivity contribution is 0.158. The molecule has 0 N–H and O–H groups in total. The Balaban J connectivity index is 1.95. The van der Waals surface area contributed by atoms with Crippen molar-refractivity contribution in [3.63, 3.8) is 0 Å². The quantitative estimate of drug-likeness (QED) is 0.795. The van der Waals surface area contributed by atoms with Crippen LogP contribution in [0.25, 0.3) is 0 Å². The number of likely N-dealkylation sites (tertiary alicyclic amines) is 1. The fraction of sp³-hybridized carbons (Fsp3) is 0.533. The van der Waals surface area contributed by atoms with E-state index < -0.39 is 0 Å². The minimum Gasteiger partial charge on any atom is -0.297 e. The number of nitrogens with zero attached hydrogens (tertiary/aromatic N) is 2. The first kappa shape index (κ1) is 12.1. The highest BCUT2D eigenvalue weighted by Gasteiger charge is 2.40. The molecule has 0 radical (unpaired) electrons. The van der Waals surface area contributed by atoms with Crippen LogP contribution in [-0.4, -0.2) is 23.5 Å². The van der Waals surface area contributed by atoms with Crippen molar-refractivity contribution in [2.24, 2.45) is 5.92 Å². The van der Waals surface area contributed by atoms with Gasteiger partial charge in [0.05, 0.1) is 12.0 Å². The van der Waals surface area contributed by atoms with E-state index in [-0.39, 0.29) is 11.5 Å². The molecule has 1 aromatic rings. The summed E-state index contributed by atoms with van der Waals surface area (Å²) in [5.74, 6) is 0.179. The normalized spacial score (nSPS) is 23.5. The first-order chi connectivity index (χ1) is 8.14. The smallest absolute Gasteiger partial charge is 0.0675 e. The second-order valence-electron chi connectivity index (χ2n) is 5.35. The highest BCUT2D eigenvalue weighted by molar-refractivity contribution is 5.15. The molecule has 0 amide bonds. The molecule has 1 aliphatic heterocycles. The van der Waals surface area contributed by atoms with Gasteiger partial charge in [-0.15, -0.1) is 0 Å². The highest BCUT2D eigenvalue weighted by Crippen LogP contribution is 2.33. The van der Waals surface area contributed by atoms with E-state index in [1.54, 1.807) is 0 Å². The molecule has 2 rings (SSSR count). The van der Waals surface area contributed by atoms with Crippen LogP contribution in [0, 0.1) is 17.2 Å². The highest BCUT2D eigenvalue weighted by atomic mass is 15.2. The molecule has 1 saturated heterocycles. The minimum absolute atomic E-state index is 0.0313. The summed E-state index contributed by atoms with van der Waals surface area (Å²) in [7, 11) is 0. The molecular weight excluding hydrogens is 208 g/mol. The molecule has 0 saturated carbocycles. The van der Waals surface area contributed by atoms with Crippen LogP contribution in [0.15, 0.2) is 30.3 Å². The van der Waals surface area contributed by atoms with Crippen LogP contribution in [0.5, 0.6) is 0 Å². The first-order valence-electron chi connectivity index (χ1n) is 6.33. The van der Waals surface area contributed by atoms with Crippen molar-refractivity contribution in [1.29, 1.82) is 5.26 Å². The Hall–Kier alpha value is -1.33. The lowest BCUT2D eigenvalue weighted by atomic mass is 9.89. The zero-order valence-electron chi connectivity index (χ0n) is 10.7. The van der Waals surface area contributed by atoms with Gasteiger partial charge in [0.25, 0.3) is 0 Å². The standard InChI is InChI=1S/C15H20N2/c1-15(2)14(12-16)9-11-17(15)10-8-13-6-4-3-5-7-13/h3-7,14H,8-11H2,1-2H3. The molecule has 1 heterocycles. The van der Waals surface area contributed by atoms with Crippen LogP contribution in [-0.2, 0) is 6.42 Å². The maximum atomic E-state index is 9.13. The second kappa shape index (κ2) is 4.89. The van der Waals surface area contributed by atoms with Gasteiger partial charge < -0.3 is 0 Å². The van der Waals surface area contributed by atoms with Crippen molar-refractivity contribution in [2.75, 3.05) is 13.1 Å². The van der Waals surface area contributed by atoms with E-state index in [0.29, 0.717) is 0 Å². The van der Waals surface area contributed by atoms with Gasteiger partial charge in [0.15, 0.2) is 0 Å². The van der Waals surface area contributed by atoms with Crippen molar-refractivity contribution in [1.82, 2.24) is 4.90 Å². The number of rotatable bonds is 3. The second-order valence-corrected chi connectivity index (χ2v) is 5.35. The van der Waals surface area contributed by atoms with Gasteiger partial charge in [-0.3, -0.25) is 4.90 Å². The van der Waals surface area contributed by atoms with Crippen LogP contribution in [0.2, 0.25) is 0 Å². The summed E-state index contributed by atoms with van der Waals surface area (Å²) in [4.78, 5) is 2.45. The summed E-state index contributed by atoms with van der Waals surface area (Å²) in [5.41, 5.74) is 1.41. The first-order valence-corrected chi connectivity index (χ1v) is 6.33. The van der Waals surface area contributed by atoms with E-state index in [1.165, 1.54) is 5.56 Å². The molecule has 2 heteroatoms. The molecular formula is C15H20N2. The molecule has 0 bridgehead atoms. The molecule has 1 unspecified atom stereocenters. The predicted octanol–water partition coefficient (Wildman–Crippen LogP) is 2.85. The van der Waals surface area contributed by atoms with E-state index in [1.807, 2.05) is 0 Å². The molecule has 0 aliphatic carbocycles. The van der Waals surface area contributed by atoms with Gasteiger partial charge in [-0.1, -0.05) is 30.3 Å². The third-order valence-corrected chi connectivity index (χ3v) is 4.02. The number of nitriles is 1. The fourth-order valence-electron chi connectivity index (χ4n) is 2.68. The third kappa shape index (κ3) is 2.50. The SMILES string of the molecule is CC1(C)C(C#N)CCN1CCc1ccccc1. The summed E-state index contributed by atoms with van der Waals surface area (Å²) >= 11 is 0. The van der Waals surface area contributed by atoms with Gasteiger partial charge in [0, 0.05) is 18.6 Å². The van der Waals surface area contributed by atoms with Crippen molar-refractivity contribution in [3.05, 3.63) is 35.9 Å². The van der Waals surface area contributed by atoms with Crippen LogP contribution in [0.3, 0.4) is 0 Å². The van der Waals surface area contributed by atoms with Crippen molar-refractivity contribution in [3.8, 4) is 6.07 Å². The average Bonchev–Trinajstić information content (AvgIpc) is 2.62. The van der Waals surface area contributed by atoms with Crippen molar-refractivity contribution >= 4 is 0 Å². The predicted molar refractivity (Wildman–Crippen MR) is 69.5 cm³/mol. The Bertz CT molecular complexity index is 403. The monoisotopic (exact) mass is 228 g/mol. The summed E-state index contributed by atoms with van der Waals surface area (Å²) in [6.45, 7) is 6.49. The maximum absolute atomic E-state index is 9.13. The Morgan fingerprint density at radius 2 is 2.06 bits per heavy atom. The number of hydrogen-bond acceptors (Lipinski definition) is 2. The average molecular weight is 228 g/mol. The van der Waals surface area contributed by atoms with Gasteiger partial charge in [-0.25, -0.2) is 0 Å². The molecule has 2 nitrogen and oxygen atoms in total. The topological polar surface area (TPSA) is 27.0 Å². The lowest BCUT2D eigenvalue weighted by Crippen LogP contribution is -2.43. The molecule has 0 aromatic heterocycles. The van der Waals surface area contributed by atoms with E-state index in [0.717, 1.165) is 25.9 Å². The summed E-state index contributed by atoms with van der Waals surface area (Å²) < 4.78 is 0. The Morgan fingerprint density at radius 1 is 1.35 bits per heavy atom. The zero-order chi connectivity index (χ0) is 12.3. The van der Waals surface area contributed by atoms with Crippen molar-refractivity contribution < 1.29 is 0 Å². The van der Waals surface area contributed by atoms with E-state index in [4.69, 9.17) is 5.26 Å². The fourth-order valence-corrected chi connectivity index (χ4v) is 2.68. The summed E-state index contributed by atoms with van der Waals surface area (Å²) in [5, 5.41) is 9.13. The molecule has 1 fully saturated rings. The Labute approximate surface area is 104 Å². The van der Waals surface area contributed by atoms with E-state index in [9.17, 15) is 0 Å². The van der Waals surface area contributed by atoms with Gasteiger partial charge >= 0.3 is 0 Å². The largest absolute Gasteiger partial charge is 0.297 e. The maximum Gasteiger partial charge on any atom is 0.0675 e. The molecule has 1 aliphatic rings. The third-order valence-electron chi connectivity index (χ3n) is 4.02. The Morgan fingerprint density at radius 3 is 2.65 bits per heavy atom. The van der Waals surface area contributed by atoms with E-state index in [2.05, 4.69) is 55.1 Å². The minimum atomic E-state index is 0.0313. The van der Waals surface area contributed by atoms with Crippen LogP contribution >= 0.6 is 0 Å². The summed E-state index contributed by atoms with van der Waals surface area (Å²) in [6.07, 6.45) is 2.08. The summed E-state index contributed by atoms with van der Waals surface area (Å²) in [6, 6.07) is 13.0. The van der Waals surface area contributed by atoms with E-state index >= 15 is 0 Å². The number of benzene rings is 1. The van der Waals surface area contributed by atoms with Crippen molar-refractivity contribution in [2.45, 2.75) is 32.2 Å². The zero-order valence-corrected chi connectivity index (χ0v) is 10.7. The van der Waals surface area contributed by atoms with Crippen LogP contribution in [0.1, 0.15) is 25.8 Å². The molecule has 17 heavy (non-hydrogen) atoms. The van der Waals surface area contributed by atoms with Gasteiger partial charge in [-0.05, 0) is 32.3 Å². The van der Waals surface area contributed by atoms with Crippen LogP contribution in [0.4, 0.5) is 0 Å². The van der Waals surface area contributed by atoms with Crippen LogP contribution < -0.4 is 0 Å². The Kier molecular flexibility index (Phi) is 3.49. The lowest BCUT2D eigenvalue weighted by Gasteiger charge is -2.33. The van der Waals surface area contributed by atoms with Gasteiger partial charge in [0.2, 0.25) is 0 Å². The molecule has 0 spiro atoms. The molecule has 1 atom stereocenters. The molecule has 1 aromatic carbocycles.